The maximum absolute atomic E-state index is 14.6. The molecule has 32 heavy (non-hydrogen) atoms. The second-order valence-corrected chi connectivity index (χ2v) is 8.84. The molecule has 0 amide bonds. The Labute approximate surface area is 185 Å². The summed E-state index contributed by atoms with van der Waals surface area (Å²) in [5.41, 5.74) is -0.294. The molecular formula is C22H19F3N4O2S. The number of aromatic nitrogens is 3. The van der Waals surface area contributed by atoms with Crippen molar-refractivity contribution in [2.75, 3.05) is 5.32 Å². The van der Waals surface area contributed by atoms with Crippen LogP contribution in [0.2, 0.25) is 0 Å². The number of aliphatic carboxylic acids is 1. The van der Waals surface area contributed by atoms with Crippen molar-refractivity contribution >= 4 is 34.0 Å². The van der Waals surface area contributed by atoms with Crippen LogP contribution in [0.1, 0.15) is 25.1 Å². The Morgan fingerprint density at radius 3 is 2.75 bits per heavy atom. The zero-order chi connectivity index (χ0) is 23.0. The van der Waals surface area contributed by atoms with E-state index in [4.69, 9.17) is 0 Å². The molecular weight excluding hydrogens is 441 g/mol. The highest BCUT2D eigenvalue weighted by atomic mass is 32.1. The predicted octanol–water partition coefficient (Wildman–Crippen LogP) is 5.34. The third-order valence-electron chi connectivity index (χ3n) is 5.41. The van der Waals surface area contributed by atoms with Gasteiger partial charge in [0.2, 0.25) is 0 Å². The lowest BCUT2D eigenvalue weighted by molar-refractivity contribution is -0.137. The lowest BCUT2D eigenvalue weighted by atomic mass is 9.81. The molecule has 0 fully saturated rings. The number of carboxylic acid groups (broad SMARTS) is 1. The molecule has 4 aromatic rings. The highest BCUT2D eigenvalue weighted by Gasteiger charge is 2.35. The fraction of sp³-hybridized carbons (Fsp3) is 0.227. The van der Waals surface area contributed by atoms with Crippen LogP contribution in [0.15, 0.2) is 42.0 Å². The van der Waals surface area contributed by atoms with Crippen molar-refractivity contribution in [3.8, 4) is 11.4 Å². The molecule has 3 aromatic heterocycles. The van der Waals surface area contributed by atoms with Crippen LogP contribution in [0.4, 0.5) is 19.0 Å². The number of hydrogen-bond donors (Lipinski definition) is 3. The van der Waals surface area contributed by atoms with E-state index in [1.165, 1.54) is 17.5 Å². The van der Waals surface area contributed by atoms with Crippen LogP contribution >= 0.6 is 11.3 Å². The minimum absolute atomic E-state index is 0.0353. The fourth-order valence-corrected chi connectivity index (χ4v) is 4.49. The lowest BCUT2D eigenvalue weighted by Crippen LogP contribution is -2.41. The summed E-state index contributed by atoms with van der Waals surface area (Å²) >= 11 is 1.47. The molecule has 0 spiro atoms. The van der Waals surface area contributed by atoms with Crippen molar-refractivity contribution in [3.05, 3.63) is 64.4 Å². The Kier molecular flexibility index (Phi) is 5.64. The van der Waals surface area contributed by atoms with E-state index in [-0.39, 0.29) is 34.5 Å². The van der Waals surface area contributed by atoms with Gasteiger partial charge in [-0.2, -0.15) is 0 Å². The van der Waals surface area contributed by atoms with Crippen molar-refractivity contribution in [2.45, 2.75) is 31.7 Å². The van der Waals surface area contributed by atoms with E-state index in [1.54, 1.807) is 0 Å². The van der Waals surface area contributed by atoms with E-state index in [0.29, 0.717) is 0 Å². The molecule has 166 valence electrons. The number of benzene rings is 1. The standard InChI is InChI=1S/C22H19F3N4O2S/c1-22(2,17-4-3-5-32-17)16(8-18(30)31)28-21-15(25)10-27-20(29-21)13-9-26-19-12(13)6-11(23)7-14(19)24/h3-7,9-10,16,26H,8H2,1-2H3,(H,30,31)(H,27,28,29). The first kappa shape index (κ1) is 21.8. The maximum Gasteiger partial charge on any atom is 0.305 e. The average molecular weight is 460 g/mol. The first-order chi connectivity index (χ1) is 15.2. The summed E-state index contributed by atoms with van der Waals surface area (Å²) in [4.78, 5) is 23.3. The third-order valence-corrected chi connectivity index (χ3v) is 6.62. The number of nitrogens with one attached hydrogen (secondary N) is 2. The van der Waals surface area contributed by atoms with Crippen LogP contribution < -0.4 is 5.32 Å². The number of thiophene rings is 1. The van der Waals surface area contributed by atoms with Gasteiger partial charge < -0.3 is 15.4 Å². The van der Waals surface area contributed by atoms with Gasteiger partial charge in [0, 0.05) is 39.5 Å². The number of carboxylic acids is 1. The molecule has 1 aromatic carbocycles. The van der Waals surface area contributed by atoms with Gasteiger partial charge in [-0.25, -0.2) is 23.1 Å². The summed E-state index contributed by atoms with van der Waals surface area (Å²) in [5, 5.41) is 14.4. The van der Waals surface area contributed by atoms with Crippen LogP contribution in [-0.4, -0.2) is 32.1 Å². The quantitative estimate of drug-likeness (QED) is 0.347. The Morgan fingerprint density at radius 1 is 1.28 bits per heavy atom. The summed E-state index contributed by atoms with van der Waals surface area (Å²) in [6.45, 7) is 3.73. The number of aromatic amines is 1. The number of fused-ring (bicyclic) bond motifs is 1. The van der Waals surface area contributed by atoms with Crippen molar-refractivity contribution in [1.29, 1.82) is 0 Å². The van der Waals surface area contributed by atoms with E-state index < -0.39 is 34.9 Å². The van der Waals surface area contributed by atoms with Crippen molar-refractivity contribution in [1.82, 2.24) is 15.0 Å². The van der Waals surface area contributed by atoms with Gasteiger partial charge in [-0.05, 0) is 17.5 Å². The zero-order valence-corrected chi connectivity index (χ0v) is 17.9. The van der Waals surface area contributed by atoms with E-state index in [1.807, 2.05) is 31.4 Å². The number of rotatable bonds is 7. The summed E-state index contributed by atoms with van der Waals surface area (Å²) in [5.74, 6) is -3.53. The third kappa shape index (κ3) is 4.05. The van der Waals surface area contributed by atoms with E-state index >= 15 is 0 Å². The first-order valence-electron chi connectivity index (χ1n) is 9.68. The van der Waals surface area contributed by atoms with Gasteiger partial charge in [0.05, 0.1) is 18.1 Å². The van der Waals surface area contributed by atoms with Gasteiger partial charge in [0.25, 0.3) is 0 Å². The number of nitrogens with zero attached hydrogens (tertiary/aromatic N) is 2. The maximum atomic E-state index is 14.6. The van der Waals surface area contributed by atoms with E-state index in [0.717, 1.165) is 23.2 Å². The van der Waals surface area contributed by atoms with Crippen LogP contribution in [0, 0.1) is 17.5 Å². The second kappa shape index (κ2) is 8.27. The molecule has 6 nitrogen and oxygen atoms in total. The molecule has 1 unspecified atom stereocenters. The van der Waals surface area contributed by atoms with Gasteiger partial charge in [-0.15, -0.1) is 11.3 Å². The minimum atomic E-state index is -1.05. The molecule has 0 radical (unpaired) electrons. The van der Waals surface area contributed by atoms with Gasteiger partial charge in [0.1, 0.15) is 11.6 Å². The largest absolute Gasteiger partial charge is 0.481 e. The van der Waals surface area contributed by atoms with Gasteiger partial charge in [0.15, 0.2) is 17.5 Å². The monoisotopic (exact) mass is 460 g/mol. The zero-order valence-electron chi connectivity index (χ0n) is 17.1. The molecule has 3 heterocycles. The number of hydrogen-bond acceptors (Lipinski definition) is 5. The van der Waals surface area contributed by atoms with Crippen LogP contribution in [-0.2, 0) is 10.2 Å². The Balaban J connectivity index is 1.75. The van der Waals surface area contributed by atoms with Crippen LogP contribution in [0.25, 0.3) is 22.3 Å². The van der Waals surface area contributed by atoms with Gasteiger partial charge >= 0.3 is 5.97 Å². The number of anilines is 1. The average Bonchev–Trinajstić information content (AvgIpc) is 3.39. The molecule has 3 N–H and O–H groups in total. The van der Waals surface area contributed by atoms with Crippen molar-refractivity contribution < 1.29 is 23.1 Å². The minimum Gasteiger partial charge on any atom is -0.481 e. The Bertz CT molecular complexity index is 1290. The molecule has 0 aliphatic heterocycles. The second-order valence-electron chi connectivity index (χ2n) is 7.90. The lowest BCUT2D eigenvalue weighted by Gasteiger charge is -2.34. The van der Waals surface area contributed by atoms with Gasteiger partial charge in [-0.1, -0.05) is 19.9 Å². The Morgan fingerprint density at radius 2 is 2.06 bits per heavy atom. The number of halogens is 3. The Hall–Kier alpha value is -3.40. The molecule has 1 atom stereocenters. The molecule has 0 saturated carbocycles. The topological polar surface area (TPSA) is 90.9 Å². The molecule has 0 bridgehead atoms. The molecule has 10 heteroatoms. The van der Waals surface area contributed by atoms with Gasteiger partial charge in [-0.3, -0.25) is 4.79 Å². The molecule has 0 saturated heterocycles. The van der Waals surface area contributed by atoms with Crippen LogP contribution in [0.5, 0.6) is 0 Å². The summed E-state index contributed by atoms with van der Waals surface area (Å²) in [6, 6.07) is 4.94. The SMILES string of the molecule is CC(C)(c1cccs1)C(CC(=O)O)Nc1nc(-c2c[nH]c3c(F)cc(F)cc23)ncc1F. The number of H-pyrrole nitrogens is 1. The highest BCUT2D eigenvalue weighted by molar-refractivity contribution is 7.10. The summed E-state index contributed by atoms with van der Waals surface area (Å²) in [7, 11) is 0. The summed E-state index contributed by atoms with van der Waals surface area (Å²) in [6.07, 6.45) is 2.07. The molecule has 0 aliphatic rings. The van der Waals surface area contributed by atoms with E-state index in [9.17, 15) is 23.1 Å². The predicted molar refractivity (Wildman–Crippen MR) is 116 cm³/mol. The first-order valence-corrected chi connectivity index (χ1v) is 10.6. The van der Waals surface area contributed by atoms with Crippen molar-refractivity contribution in [2.24, 2.45) is 0 Å². The normalized spacial score (nSPS) is 12.8. The fourth-order valence-electron chi connectivity index (χ4n) is 3.58. The molecule has 0 aliphatic carbocycles. The number of carbonyl (C=O) groups is 1. The summed E-state index contributed by atoms with van der Waals surface area (Å²) < 4.78 is 42.4. The van der Waals surface area contributed by atoms with Crippen molar-refractivity contribution in [3.63, 3.8) is 0 Å². The highest BCUT2D eigenvalue weighted by Crippen LogP contribution is 2.35. The molecule has 4 rings (SSSR count). The van der Waals surface area contributed by atoms with E-state index in [2.05, 4.69) is 20.3 Å². The smallest absolute Gasteiger partial charge is 0.305 e. The van der Waals surface area contributed by atoms with Crippen LogP contribution in [0.3, 0.4) is 0 Å².